The van der Waals surface area contributed by atoms with Crippen LogP contribution in [0.5, 0.6) is 0 Å². The first-order valence-electron chi connectivity index (χ1n) is 11.4. The molecule has 0 bridgehead atoms. The van der Waals surface area contributed by atoms with Crippen molar-refractivity contribution in [1.82, 2.24) is 19.3 Å². The second-order valence-corrected chi connectivity index (χ2v) is 8.71. The third kappa shape index (κ3) is 4.36. The standard InChI is InChI=1S/C24H30N6O/c1-18-15-22(27-24(25-18)26-20-7-3-2-4-8-20)28-11-13-29(14-12-28)23(31)19-16-21-9-5-6-10-30(21)17-19/h5-6,9-10,15-17,20H,2-4,7-8,11-14H2,1H3,(H,25,26,27). The molecule has 31 heavy (non-hydrogen) atoms. The zero-order valence-corrected chi connectivity index (χ0v) is 18.1. The highest BCUT2D eigenvalue weighted by Gasteiger charge is 2.24. The van der Waals surface area contributed by atoms with Crippen molar-refractivity contribution < 1.29 is 4.79 Å². The average Bonchev–Trinajstić information content (AvgIpc) is 3.23. The van der Waals surface area contributed by atoms with Crippen LogP contribution in [0.25, 0.3) is 5.52 Å². The van der Waals surface area contributed by atoms with Gasteiger partial charge < -0.3 is 19.5 Å². The smallest absolute Gasteiger partial charge is 0.255 e. The van der Waals surface area contributed by atoms with Crippen LogP contribution in [0.2, 0.25) is 0 Å². The molecule has 1 aliphatic carbocycles. The van der Waals surface area contributed by atoms with Crippen molar-refractivity contribution in [1.29, 1.82) is 0 Å². The van der Waals surface area contributed by atoms with Gasteiger partial charge in [-0.15, -0.1) is 0 Å². The summed E-state index contributed by atoms with van der Waals surface area (Å²) in [5.74, 6) is 1.79. The second-order valence-electron chi connectivity index (χ2n) is 8.71. The summed E-state index contributed by atoms with van der Waals surface area (Å²) in [4.78, 5) is 26.6. The fourth-order valence-corrected chi connectivity index (χ4v) is 4.70. The molecule has 162 valence electrons. The van der Waals surface area contributed by atoms with E-state index in [0.29, 0.717) is 19.1 Å². The Kier molecular flexibility index (Phi) is 5.49. The number of pyridine rings is 1. The largest absolute Gasteiger partial charge is 0.353 e. The van der Waals surface area contributed by atoms with Gasteiger partial charge in [0.2, 0.25) is 5.95 Å². The fraction of sp³-hybridized carbons (Fsp3) is 0.458. The van der Waals surface area contributed by atoms with Crippen molar-refractivity contribution >= 4 is 23.2 Å². The van der Waals surface area contributed by atoms with Gasteiger partial charge in [-0.2, -0.15) is 4.98 Å². The Balaban J connectivity index is 1.24. The van der Waals surface area contributed by atoms with Crippen molar-refractivity contribution in [3.05, 3.63) is 54.0 Å². The number of nitrogens with zero attached hydrogens (tertiary/aromatic N) is 5. The van der Waals surface area contributed by atoms with E-state index in [-0.39, 0.29) is 5.91 Å². The second kappa shape index (κ2) is 8.57. The lowest BCUT2D eigenvalue weighted by Crippen LogP contribution is -2.49. The van der Waals surface area contributed by atoms with Crippen molar-refractivity contribution in [2.45, 2.75) is 45.1 Å². The Hall–Kier alpha value is -3.09. The van der Waals surface area contributed by atoms with Gasteiger partial charge in [0.05, 0.1) is 5.56 Å². The van der Waals surface area contributed by atoms with Crippen LogP contribution in [0.3, 0.4) is 0 Å². The van der Waals surface area contributed by atoms with E-state index in [0.717, 1.165) is 41.6 Å². The van der Waals surface area contributed by atoms with Crippen molar-refractivity contribution in [3.63, 3.8) is 0 Å². The number of amides is 1. The van der Waals surface area contributed by atoms with Crippen LogP contribution in [-0.4, -0.2) is 57.4 Å². The van der Waals surface area contributed by atoms with Crippen LogP contribution >= 0.6 is 0 Å². The van der Waals surface area contributed by atoms with Gasteiger partial charge in [-0.25, -0.2) is 4.98 Å². The third-order valence-electron chi connectivity index (χ3n) is 6.42. The number of aryl methyl sites for hydroxylation is 1. The minimum atomic E-state index is 0.0990. The molecular weight excluding hydrogens is 388 g/mol. The predicted octanol–water partition coefficient (Wildman–Crippen LogP) is 3.74. The van der Waals surface area contributed by atoms with Crippen LogP contribution < -0.4 is 10.2 Å². The molecule has 7 heteroatoms. The summed E-state index contributed by atoms with van der Waals surface area (Å²) < 4.78 is 1.99. The molecule has 2 fully saturated rings. The van der Waals surface area contributed by atoms with Crippen LogP contribution in [-0.2, 0) is 0 Å². The number of rotatable bonds is 4. The molecule has 1 aliphatic heterocycles. The molecule has 4 heterocycles. The average molecular weight is 419 g/mol. The van der Waals surface area contributed by atoms with Crippen LogP contribution in [0.4, 0.5) is 11.8 Å². The van der Waals surface area contributed by atoms with Gasteiger partial charge in [0.15, 0.2) is 0 Å². The van der Waals surface area contributed by atoms with Crippen molar-refractivity contribution in [2.24, 2.45) is 0 Å². The summed E-state index contributed by atoms with van der Waals surface area (Å²) >= 11 is 0. The number of carbonyl (C=O) groups excluding carboxylic acids is 1. The monoisotopic (exact) mass is 418 g/mol. The van der Waals surface area contributed by atoms with E-state index in [1.807, 2.05) is 58.9 Å². The normalized spacial score (nSPS) is 17.8. The summed E-state index contributed by atoms with van der Waals surface area (Å²) in [6.07, 6.45) is 10.2. The van der Waals surface area contributed by atoms with E-state index in [4.69, 9.17) is 4.98 Å². The Morgan fingerprint density at radius 3 is 2.61 bits per heavy atom. The molecule has 0 spiro atoms. The van der Waals surface area contributed by atoms with E-state index in [9.17, 15) is 4.79 Å². The molecule has 1 amide bonds. The van der Waals surface area contributed by atoms with Gasteiger partial charge in [-0.05, 0) is 38.0 Å². The summed E-state index contributed by atoms with van der Waals surface area (Å²) in [5, 5.41) is 3.55. The number of piperazine rings is 1. The number of carbonyl (C=O) groups is 1. The number of nitrogens with one attached hydrogen (secondary N) is 1. The van der Waals surface area contributed by atoms with Gasteiger partial charge >= 0.3 is 0 Å². The summed E-state index contributed by atoms with van der Waals surface area (Å²) in [6.45, 7) is 4.96. The summed E-state index contributed by atoms with van der Waals surface area (Å²) in [5.41, 5.74) is 2.76. The Morgan fingerprint density at radius 1 is 1.03 bits per heavy atom. The number of hydrogen-bond acceptors (Lipinski definition) is 5. The van der Waals surface area contributed by atoms with Gasteiger partial charge in [0.25, 0.3) is 5.91 Å². The maximum absolute atomic E-state index is 13.0. The molecule has 3 aromatic rings. The topological polar surface area (TPSA) is 65.8 Å². The van der Waals surface area contributed by atoms with Crippen LogP contribution in [0.1, 0.15) is 48.2 Å². The molecule has 5 rings (SSSR count). The summed E-state index contributed by atoms with van der Waals surface area (Å²) in [6, 6.07) is 10.5. The zero-order chi connectivity index (χ0) is 21.2. The Bertz CT molecular complexity index is 1030. The molecular formula is C24H30N6O. The lowest BCUT2D eigenvalue weighted by Gasteiger charge is -2.35. The third-order valence-corrected chi connectivity index (χ3v) is 6.42. The van der Waals surface area contributed by atoms with E-state index in [1.54, 1.807) is 0 Å². The van der Waals surface area contributed by atoms with Crippen LogP contribution in [0.15, 0.2) is 42.7 Å². The first-order valence-corrected chi connectivity index (χ1v) is 11.4. The SMILES string of the molecule is Cc1cc(N2CCN(C(=O)c3cc4ccccn4c3)CC2)nc(NC2CCCCC2)n1. The number of anilines is 2. The molecule has 0 atom stereocenters. The lowest BCUT2D eigenvalue weighted by atomic mass is 9.96. The highest BCUT2D eigenvalue weighted by Crippen LogP contribution is 2.23. The van der Waals surface area contributed by atoms with Gasteiger partial charge in [-0.3, -0.25) is 4.79 Å². The molecule has 1 N–H and O–H groups in total. The maximum Gasteiger partial charge on any atom is 0.255 e. The van der Waals surface area contributed by atoms with E-state index < -0.39 is 0 Å². The van der Waals surface area contributed by atoms with Crippen molar-refractivity contribution in [3.8, 4) is 0 Å². The maximum atomic E-state index is 13.0. The lowest BCUT2D eigenvalue weighted by molar-refractivity contribution is 0.0746. The molecule has 1 saturated heterocycles. The van der Waals surface area contributed by atoms with E-state index in [1.165, 1.54) is 32.1 Å². The highest BCUT2D eigenvalue weighted by atomic mass is 16.2. The Labute approximate surface area is 183 Å². The highest BCUT2D eigenvalue weighted by molar-refractivity contribution is 5.95. The van der Waals surface area contributed by atoms with E-state index in [2.05, 4.69) is 15.2 Å². The van der Waals surface area contributed by atoms with Gasteiger partial charge in [0.1, 0.15) is 5.82 Å². The molecule has 0 aromatic carbocycles. The number of fused-ring (bicyclic) bond motifs is 1. The molecule has 0 unspecified atom stereocenters. The molecule has 1 saturated carbocycles. The first-order chi connectivity index (χ1) is 15.2. The Morgan fingerprint density at radius 2 is 1.84 bits per heavy atom. The first kappa shape index (κ1) is 19.8. The number of aromatic nitrogens is 3. The van der Waals surface area contributed by atoms with Crippen LogP contribution in [0, 0.1) is 6.92 Å². The molecule has 2 aliphatic rings. The van der Waals surface area contributed by atoms with Crippen molar-refractivity contribution in [2.75, 3.05) is 36.4 Å². The van der Waals surface area contributed by atoms with Gasteiger partial charge in [0, 0.05) is 61.9 Å². The molecule has 0 radical (unpaired) electrons. The minimum absolute atomic E-state index is 0.0990. The van der Waals surface area contributed by atoms with E-state index >= 15 is 0 Å². The minimum Gasteiger partial charge on any atom is -0.353 e. The fourth-order valence-electron chi connectivity index (χ4n) is 4.70. The summed E-state index contributed by atoms with van der Waals surface area (Å²) in [7, 11) is 0. The number of hydrogen-bond donors (Lipinski definition) is 1. The van der Waals surface area contributed by atoms with Gasteiger partial charge in [-0.1, -0.05) is 25.3 Å². The molecule has 3 aromatic heterocycles. The zero-order valence-electron chi connectivity index (χ0n) is 18.1. The quantitative estimate of drug-likeness (QED) is 0.699. The predicted molar refractivity (Wildman–Crippen MR) is 123 cm³/mol. The molecule has 7 nitrogen and oxygen atoms in total.